The van der Waals surface area contributed by atoms with E-state index in [0.29, 0.717) is 16.8 Å². The molecular formula is C44H44N3O12SY-. The molecule has 0 spiro atoms. The van der Waals surface area contributed by atoms with Gasteiger partial charge in [0.25, 0.3) is 11.8 Å². The monoisotopic (exact) mass is 927 g/mol. The second kappa shape index (κ2) is 22.5. The number of aromatic hydroxyl groups is 2. The number of phenolic OH excluding ortho intramolecular Hbond substituents is 1. The Morgan fingerprint density at radius 3 is 1.70 bits per heavy atom. The van der Waals surface area contributed by atoms with E-state index in [0.717, 1.165) is 6.07 Å². The Labute approximate surface area is 378 Å². The van der Waals surface area contributed by atoms with Crippen LogP contribution in [0.4, 0.5) is 17.1 Å². The van der Waals surface area contributed by atoms with E-state index in [4.69, 9.17) is 9.47 Å². The van der Waals surface area contributed by atoms with Crippen LogP contribution in [-0.4, -0.2) is 67.4 Å². The summed E-state index contributed by atoms with van der Waals surface area (Å²) in [4.78, 5) is 64.0. The molecule has 1 radical (unpaired) electrons. The van der Waals surface area contributed by atoms with Crippen LogP contribution in [0.3, 0.4) is 0 Å². The van der Waals surface area contributed by atoms with Crippen LogP contribution >= 0.6 is 0 Å². The minimum atomic E-state index is -3.57. The Morgan fingerprint density at radius 1 is 0.672 bits per heavy atom. The number of aromatic carboxylic acids is 1. The summed E-state index contributed by atoms with van der Waals surface area (Å²) in [5.41, 5.74) is 0.533. The first-order valence-corrected chi connectivity index (χ1v) is 20.1. The van der Waals surface area contributed by atoms with Gasteiger partial charge in [0.05, 0.1) is 41.8 Å². The molecule has 0 aliphatic carbocycles. The summed E-state index contributed by atoms with van der Waals surface area (Å²) in [6.45, 7) is 5.65. The van der Waals surface area contributed by atoms with Crippen molar-refractivity contribution in [3.05, 3.63) is 137 Å². The molecule has 15 nitrogen and oxygen atoms in total. The van der Waals surface area contributed by atoms with Gasteiger partial charge in [0.15, 0.2) is 44.5 Å². The molecule has 5 aromatic carbocycles. The number of nitrogens with one attached hydrogen (secondary N) is 3. The minimum absolute atomic E-state index is 0. The number of benzene rings is 5. The SMILES string of the molecule is CC.C[CH-]C(CC(=O)c1ccc(CS(=O)(=O)c2ccccc2)cc1)C(=O)Nc1ccc(C(=O)Nc2ccc(C(=O)Nc3ccc(C(=O)O)c(O)c3OC)c(O)c2OC)cc1.[Y]. The zero-order valence-electron chi connectivity index (χ0n) is 33.9. The number of carbonyl (C=O) groups excluding carboxylic acids is 4. The molecule has 0 aliphatic rings. The van der Waals surface area contributed by atoms with Crippen LogP contribution in [0.5, 0.6) is 23.0 Å². The maximum atomic E-state index is 13.2. The molecule has 0 saturated carbocycles. The van der Waals surface area contributed by atoms with E-state index >= 15 is 0 Å². The van der Waals surface area contributed by atoms with E-state index in [2.05, 4.69) is 16.0 Å². The van der Waals surface area contributed by atoms with Gasteiger partial charge in [-0.25, -0.2) is 13.2 Å². The van der Waals surface area contributed by atoms with E-state index in [1.165, 1.54) is 80.9 Å². The van der Waals surface area contributed by atoms with Gasteiger partial charge in [-0.2, -0.15) is 6.92 Å². The van der Waals surface area contributed by atoms with Gasteiger partial charge >= 0.3 is 5.97 Å². The van der Waals surface area contributed by atoms with Gasteiger partial charge in [0.1, 0.15) is 5.56 Å². The van der Waals surface area contributed by atoms with Gasteiger partial charge in [-0.1, -0.05) is 62.2 Å². The van der Waals surface area contributed by atoms with Crippen LogP contribution in [0.2, 0.25) is 0 Å². The van der Waals surface area contributed by atoms with Crippen LogP contribution in [-0.2, 0) is 53.1 Å². The summed E-state index contributed by atoms with van der Waals surface area (Å²) < 4.78 is 35.8. The molecule has 1 unspecified atom stereocenters. The van der Waals surface area contributed by atoms with Crippen molar-refractivity contribution < 1.29 is 89.9 Å². The zero-order chi connectivity index (χ0) is 44.1. The Kier molecular flexibility index (Phi) is 18.2. The van der Waals surface area contributed by atoms with Crippen molar-refractivity contribution in [2.24, 2.45) is 5.92 Å². The largest absolute Gasteiger partial charge is 0.504 e. The molecule has 17 heteroatoms. The summed E-state index contributed by atoms with van der Waals surface area (Å²) in [6.07, 6.45) is 1.45. The average Bonchev–Trinajstić information content (AvgIpc) is 3.24. The third-order valence-corrected chi connectivity index (χ3v) is 10.6. The van der Waals surface area contributed by atoms with E-state index < -0.39 is 56.5 Å². The summed E-state index contributed by atoms with van der Waals surface area (Å²) in [5.74, 6) is -6.63. The first-order chi connectivity index (χ1) is 28.7. The summed E-state index contributed by atoms with van der Waals surface area (Å²) in [5, 5.41) is 38.2. The van der Waals surface area contributed by atoms with Gasteiger partial charge in [-0.3, -0.25) is 19.2 Å². The number of hydrogen-bond donors (Lipinski definition) is 6. The Bertz CT molecular complexity index is 2480. The minimum Gasteiger partial charge on any atom is -0.504 e. The van der Waals surface area contributed by atoms with E-state index in [1.807, 2.05) is 13.8 Å². The fraction of sp³-hybridized carbons (Fsp3) is 0.182. The first kappa shape index (κ1) is 49.3. The topological polar surface area (TPSA) is 235 Å². The van der Waals surface area contributed by atoms with Crippen LogP contribution in [0.25, 0.3) is 0 Å². The standard InChI is InChI=1S/C42H38N3O12S.C2H6.Y/c1-4-25(22-34(46)26-12-10-24(11-13-26)23-58(54,55)29-8-6-5-7-9-29)39(49)43-28-16-14-27(15-17-28)40(50)44-32-20-18-30(35(47)37(32)56-2)41(51)45-33-21-19-31(42(52)53)36(48)38(33)57-3;1-2;/h4-21,25,47-48H,22-23H2,1-3H3,(H,43,49)(H,44,50)(H,45,51)(H,52,53);1-2H3;/q-1;;. The summed E-state index contributed by atoms with van der Waals surface area (Å²) >= 11 is 0. The zero-order valence-corrected chi connectivity index (χ0v) is 37.5. The number of phenols is 2. The number of carbonyl (C=O) groups is 5. The number of hydrogen-bond acceptors (Lipinski definition) is 11. The second-order valence-corrected chi connectivity index (χ2v) is 14.7. The van der Waals surface area contributed by atoms with Gasteiger partial charge in [0, 0.05) is 49.5 Å². The van der Waals surface area contributed by atoms with Crippen LogP contribution < -0.4 is 25.4 Å². The molecule has 5 aromatic rings. The number of ether oxygens (including phenoxy) is 2. The molecule has 0 saturated heterocycles. The number of methoxy groups -OCH3 is 2. The van der Waals surface area contributed by atoms with Crippen LogP contribution in [0.15, 0.2) is 108 Å². The van der Waals surface area contributed by atoms with Gasteiger partial charge in [-0.05, 0) is 72.6 Å². The van der Waals surface area contributed by atoms with Gasteiger partial charge in [-0.15, -0.1) is 0 Å². The first-order valence-electron chi connectivity index (χ1n) is 18.4. The third-order valence-electron chi connectivity index (χ3n) is 8.94. The molecule has 1 atom stereocenters. The number of carboxylic acids is 1. The molecule has 0 aromatic heterocycles. The molecular weight excluding hydrogens is 883 g/mol. The maximum absolute atomic E-state index is 13.2. The van der Waals surface area contributed by atoms with Crippen molar-refractivity contribution >= 4 is 56.4 Å². The normalized spacial score (nSPS) is 11.0. The molecule has 6 N–H and O–H groups in total. The summed E-state index contributed by atoms with van der Waals surface area (Å²) in [7, 11) is -1.19. The Balaban J connectivity index is 0.00000326. The quantitative estimate of drug-likeness (QED) is 0.0421. The molecule has 0 fully saturated rings. The van der Waals surface area contributed by atoms with Crippen molar-refractivity contribution in [2.45, 2.75) is 37.8 Å². The van der Waals surface area contributed by atoms with Crippen molar-refractivity contribution in [2.75, 3.05) is 30.2 Å². The molecule has 0 aliphatic heterocycles. The molecule has 61 heavy (non-hydrogen) atoms. The van der Waals surface area contributed by atoms with Gasteiger partial charge < -0.3 is 47.2 Å². The Morgan fingerprint density at radius 2 is 1.18 bits per heavy atom. The second-order valence-electron chi connectivity index (χ2n) is 12.7. The summed E-state index contributed by atoms with van der Waals surface area (Å²) in [6, 6.07) is 24.9. The fourth-order valence-electron chi connectivity index (χ4n) is 5.83. The Hall–Kier alpha value is -6.10. The molecule has 0 heterocycles. The number of amides is 3. The molecule has 0 bridgehead atoms. The smallest absolute Gasteiger partial charge is 0.339 e. The number of ketones is 1. The van der Waals surface area contributed by atoms with Gasteiger partial charge in [0.2, 0.25) is 0 Å². The predicted molar refractivity (Wildman–Crippen MR) is 225 cm³/mol. The fourth-order valence-corrected chi connectivity index (χ4v) is 7.20. The van der Waals surface area contributed by atoms with Crippen molar-refractivity contribution in [3.8, 4) is 23.0 Å². The van der Waals surface area contributed by atoms with Crippen LogP contribution in [0, 0.1) is 12.3 Å². The van der Waals surface area contributed by atoms with E-state index in [1.54, 1.807) is 43.7 Å². The van der Waals surface area contributed by atoms with Crippen molar-refractivity contribution in [3.63, 3.8) is 0 Å². The van der Waals surface area contributed by atoms with Crippen molar-refractivity contribution in [1.82, 2.24) is 0 Å². The number of rotatable bonds is 16. The van der Waals surface area contributed by atoms with E-state index in [9.17, 15) is 47.7 Å². The molecule has 317 valence electrons. The third kappa shape index (κ3) is 12.2. The average molecular weight is 928 g/mol. The predicted octanol–water partition coefficient (Wildman–Crippen LogP) is 7.37. The number of anilines is 3. The maximum Gasteiger partial charge on any atom is 0.339 e. The molecule has 5 rings (SSSR count). The molecule has 3 amide bonds. The number of carboxylic acid groups (broad SMARTS) is 1. The van der Waals surface area contributed by atoms with E-state index in [-0.39, 0.29) is 89.6 Å². The number of sulfone groups is 1. The number of Topliss-reactive ketones (excluding diaryl/α,β-unsaturated/α-hetero) is 1. The van der Waals surface area contributed by atoms with Crippen molar-refractivity contribution in [1.29, 1.82) is 0 Å². The van der Waals surface area contributed by atoms with Crippen LogP contribution in [0.1, 0.15) is 74.2 Å².